The molecule has 1 fully saturated rings. The molecule has 0 radical (unpaired) electrons. The summed E-state index contributed by atoms with van der Waals surface area (Å²) in [6, 6.07) is 39.4. The largest absolute Gasteiger partial charge is 0.494 e. The molecule has 8 rings (SSSR count). The molecule has 6 aromatic rings. The van der Waals surface area contributed by atoms with Crippen LogP contribution in [0, 0.1) is 22.7 Å². The molecule has 6 heteroatoms. The van der Waals surface area contributed by atoms with Gasteiger partial charge in [-0.15, -0.1) is 0 Å². The summed E-state index contributed by atoms with van der Waals surface area (Å²) < 4.78 is 19.1. The number of furan rings is 1. The maximum atomic E-state index is 10.1. The molecule has 1 atom stereocenters. The zero-order valence-electron chi connectivity index (χ0n) is 25.5. The highest BCUT2D eigenvalue weighted by molar-refractivity contribution is 6.62. The third kappa shape index (κ3) is 3.74. The summed E-state index contributed by atoms with van der Waals surface area (Å²) in [5.74, 6) is 0. The summed E-state index contributed by atoms with van der Waals surface area (Å²) in [5, 5.41) is 21.6. The van der Waals surface area contributed by atoms with Crippen LogP contribution >= 0.6 is 0 Å². The number of rotatable bonds is 3. The fourth-order valence-electron chi connectivity index (χ4n) is 7.16. The number of fused-ring (bicyclic) bond motifs is 7. The van der Waals surface area contributed by atoms with Gasteiger partial charge in [-0.2, -0.15) is 10.5 Å². The highest BCUT2D eigenvalue weighted by Crippen LogP contribution is 2.58. The maximum absolute atomic E-state index is 10.1. The van der Waals surface area contributed by atoms with Crippen LogP contribution in [0.1, 0.15) is 61.1 Å². The van der Waals surface area contributed by atoms with Crippen LogP contribution in [-0.2, 0) is 14.7 Å². The second-order valence-corrected chi connectivity index (χ2v) is 13.0. The van der Waals surface area contributed by atoms with Crippen molar-refractivity contribution in [1.29, 1.82) is 10.5 Å². The van der Waals surface area contributed by atoms with Crippen LogP contribution in [-0.4, -0.2) is 18.3 Å². The van der Waals surface area contributed by atoms with Crippen molar-refractivity contribution in [3.05, 3.63) is 137 Å². The Bertz CT molecular complexity index is 2240. The first-order valence-corrected chi connectivity index (χ1v) is 15.1. The second kappa shape index (κ2) is 9.43. The highest BCUT2D eigenvalue weighted by Gasteiger charge is 2.52. The Labute approximate surface area is 262 Å². The maximum Gasteiger partial charge on any atom is 0.494 e. The van der Waals surface area contributed by atoms with E-state index in [9.17, 15) is 10.5 Å². The number of hydrogen-bond donors (Lipinski definition) is 0. The molecule has 2 heterocycles. The van der Waals surface area contributed by atoms with E-state index in [0.717, 1.165) is 60.8 Å². The predicted octanol–water partition coefficient (Wildman–Crippen LogP) is 7.99. The van der Waals surface area contributed by atoms with Gasteiger partial charge in [0.1, 0.15) is 11.2 Å². The van der Waals surface area contributed by atoms with Gasteiger partial charge in [-0.3, -0.25) is 0 Å². The zero-order valence-corrected chi connectivity index (χ0v) is 25.5. The first kappa shape index (κ1) is 27.4. The molecular weight excluding hydrogens is 555 g/mol. The fraction of sp³-hybridized carbons (Fsp3) is 0.179. The molecule has 1 unspecified atom stereocenters. The molecule has 1 aliphatic heterocycles. The lowest BCUT2D eigenvalue weighted by atomic mass is 9.66. The van der Waals surface area contributed by atoms with Crippen molar-refractivity contribution in [2.45, 2.75) is 44.3 Å². The van der Waals surface area contributed by atoms with Gasteiger partial charge in [0.2, 0.25) is 0 Å². The van der Waals surface area contributed by atoms with Crippen molar-refractivity contribution in [1.82, 2.24) is 0 Å². The van der Waals surface area contributed by atoms with Crippen LogP contribution in [0.3, 0.4) is 0 Å². The summed E-state index contributed by atoms with van der Waals surface area (Å²) in [4.78, 5) is 0. The quantitative estimate of drug-likeness (QED) is 0.197. The molecule has 5 nitrogen and oxygen atoms in total. The van der Waals surface area contributed by atoms with Crippen molar-refractivity contribution in [2.75, 3.05) is 0 Å². The van der Waals surface area contributed by atoms with E-state index in [0.29, 0.717) is 11.1 Å². The van der Waals surface area contributed by atoms with E-state index in [1.807, 2.05) is 36.4 Å². The molecule has 1 saturated heterocycles. The Balaban J connectivity index is 1.44. The number of nitrogens with zero attached hydrogens (tertiary/aromatic N) is 2. The minimum absolute atomic E-state index is 0.442. The van der Waals surface area contributed by atoms with Crippen molar-refractivity contribution in [3.8, 4) is 23.3 Å². The molecule has 0 spiro atoms. The van der Waals surface area contributed by atoms with Gasteiger partial charge >= 0.3 is 7.12 Å². The number of nitriles is 2. The molecule has 216 valence electrons. The van der Waals surface area contributed by atoms with E-state index in [1.165, 1.54) is 0 Å². The lowest BCUT2D eigenvalue weighted by Gasteiger charge is -2.34. The number of benzene rings is 5. The smallest absolute Gasteiger partial charge is 0.456 e. The van der Waals surface area contributed by atoms with Gasteiger partial charge in [0.25, 0.3) is 0 Å². The molecule has 2 aliphatic rings. The molecule has 0 bridgehead atoms. The van der Waals surface area contributed by atoms with Crippen LogP contribution in [0.25, 0.3) is 33.1 Å². The van der Waals surface area contributed by atoms with E-state index in [2.05, 4.69) is 100 Å². The molecule has 5 aromatic carbocycles. The third-order valence-electron chi connectivity index (χ3n) is 10.1. The Morgan fingerprint density at radius 1 is 0.622 bits per heavy atom. The normalized spacial score (nSPS) is 19.3. The second-order valence-electron chi connectivity index (χ2n) is 13.0. The van der Waals surface area contributed by atoms with E-state index < -0.39 is 23.7 Å². The van der Waals surface area contributed by atoms with Crippen LogP contribution in [0.15, 0.2) is 108 Å². The van der Waals surface area contributed by atoms with Gasteiger partial charge in [-0.25, -0.2) is 0 Å². The Morgan fingerprint density at radius 3 is 1.93 bits per heavy atom. The summed E-state index contributed by atoms with van der Waals surface area (Å²) in [7, 11) is -0.476. The van der Waals surface area contributed by atoms with Gasteiger partial charge in [0.15, 0.2) is 0 Å². The van der Waals surface area contributed by atoms with E-state index in [-0.39, 0.29) is 0 Å². The Hall–Kier alpha value is -5.14. The van der Waals surface area contributed by atoms with E-state index in [4.69, 9.17) is 13.7 Å². The summed E-state index contributed by atoms with van der Waals surface area (Å²) in [5.41, 5.74) is 8.38. The topological polar surface area (TPSA) is 79.2 Å². The highest BCUT2D eigenvalue weighted by atomic mass is 16.7. The number of hydrogen-bond acceptors (Lipinski definition) is 5. The average molecular weight is 584 g/mol. The van der Waals surface area contributed by atoms with Crippen molar-refractivity contribution in [2.24, 2.45) is 0 Å². The zero-order chi connectivity index (χ0) is 31.1. The fourth-order valence-corrected chi connectivity index (χ4v) is 7.16. The molecule has 45 heavy (non-hydrogen) atoms. The van der Waals surface area contributed by atoms with Gasteiger partial charge in [0, 0.05) is 10.8 Å². The van der Waals surface area contributed by atoms with Gasteiger partial charge < -0.3 is 13.7 Å². The van der Waals surface area contributed by atoms with Crippen molar-refractivity contribution < 1.29 is 13.7 Å². The van der Waals surface area contributed by atoms with Gasteiger partial charge in [-0.1, -0.05) is 66.7 Å². The SMILES string of the molecule is CC1(C)OB(c2ccc(C3(c4ccccc4)c4cc(C#N)ccc4-c4c3ccc3oc5ccc(C#N)cc5c43)cc2)OC1(C)C. The van der Waals surface area contributed by atoms with Crippen molar-refractivity contribution in [3.63, 3.8) is 0 Å². The molecule has 1 aromatic heterocycles. The standard InChI is InChI=1S/C39H29BN2O3/c1-37(2)38(3,4)45-40(44-37)28-14-12-27(13-15-28)39(26-8-6-5-7-9-26)31-17-19-34-36(30-20-24(22-41)11-18-33(30)43-34)35(31)29-16-10-25(23-42)21-32(29)39/h5-21H,1-4H3. The lowest BCUT2D eigenvalue weighted by Crippen LogP contribution is -2.41. The van der Waals surface area contributed by atoms with E-state index >= 15 is 0 Å². The predicted molar refractivity (Wildman–Crippen MR) is 176 cm³/mol. The van der Waals surface area contributed by atoms with Crippen LogP contribution < -0.4 is 5.46 Å². The first-order valence-electron chi connectivity index (χ1n) is 15.1. The van der Waals surface area contributed by atoms with Gasteiger partial charge in [-0.05, 0) is 103 Å². The monoisotopic (exact) mass is 584 g/mol. The first-order chi connectivity index (χ1) is 21.7. The minimum atomic E-state index is -0.724. The molecule has 0 N–H and O–H groups in total. The van der Waals surface area contributed by atoms with E-state index in [1.54, 1.807) is 6.07 Å². The summed E-state index contributed by atoms with van der Waals surface area (Å²) in [6.07, 6.45) is 0. The lowest BCUT2D eigenvalue weighted by molar-refractivity contribution is 0.00578. The van der Waals surface area contributed by atoms with Crippen LogP contribution in [0.4, 0.5) is 0 Å². The third-order valence-corrected chi connectivity index (χ3v) is 10.1. The van der Waals surface area contributed by atoms with Gasteiger partial charge in [0.05, 0.1) is 39.9 Å². The Kier molecular flexibility index (Phi) is 5.75. The minimum Gasteiger partial charge on any atom is -0.456 e. The summed E-state index contributed by atoms with van der Waals surface area (Å²) in [6.45, 7) is 8.24. The Morgan fingerprint density at radius 2 is 1.24 bits per heavy atom. The van der Waals surface area contributed by atoms with Crippen LogP contribution in [0.5, 0.6) is 0 Å². The van der Waals surface area contributed by atoms with Crippen LogP contribution in [0.2, 0.25) is 0 Å². The molecule has 0 amide bonds. The average Bonchev–Trinajstić information content (AvgIpc) is 3.64. The summed E-state index contributed by atoms with van der Waals surface area (Å²) >= 11 is 0. The molecule has 1 aliphatic carbocycles. The molecular formula is C39H29BN2O3. The van der Waals surface area contributed by atoms with Crippen molar-refractivity contribution >= 4 is 34.5 Å². The molecule has 0 saturated carbocycles.